The predicted octanol–water partition coefficient (Wildman–Crippen LogP) is 0.848. The molecule has 1 saturated carbocycles. The molecule has 0 radical (unpaired) electrons. The van der Waals surface area contributed by atoms with E-state index in [0.717, 1.165) is 45.7 Å². The molecule has 1 aliphatic carbocycles. The molecule has 3 unspecified atom stereocenters. The Morgan fingerprint density at radius 1 is 1.16 bits per heavy atom. The van der Waals surface area contributed by atoms with E-state index in [2.05, 4.69) is 23.6 Å². The van der Waals surface area contributed by atoms with Crippen LogP contribution >= 0.6 is 0 Å². The Morgan fingerprint density at radius 3 is 2.37 bits per heavy atom. The van der Waals surface area contributed by atoms with Gasteiger partial charge in [0, 0.05) is 51.6 Å². The second-order valence-electron chi connectivity index (χ2n) is 6.46. The van der Waals surface area contributed by atoms with E-state index in [1.165, 1.54) is 6.42 Å². The number of rotatable bonds is 4. The fourth-order valence-corrected chi connectivity index (χ4v) is 3.59. The Bertz CT molecular complexity index is 301. The van der Waals surface area contributed by atoms with Crippen LogP contribution in [0.5, 0.6) is 0 Å². The lowest BCUT2D eigenvalue weighted by atomic mass is 9.74. The van der Waals surface area contributed by atoms with Gasteiger partial charge < -0.3 is 10.0 Å². The van der Waals surface area contributed by atoms with Crippen LogP contribution in [-0.4, -0.2) is 66.6 Å². The van der Waals surface area contributed by atoms with Crippen LogP contribution < -0.4 is 0 Å². The lowest BCUT2D eigenvalue weighted by molar-refractivity contribution is -0.128. The van der Waals surface area contributed by atoms with Gasteiger partial charge in [-0.3, -0.25) is 9.69 Å². The van der Waals surface area contributed by atoms with Gasteiger partial charge in [-0.05, 0) is 18.3 Å². The number of ketones is 1. The number of piperazine rings is 1. The lowest BCUT2D eigenvalue weighted by Crippen LogP contribution is -2.50. The van der Waals surface area contributed by atoms with Crippen LogP contribution in [0.4, 0.5) is 0 Å². The minimum Gasteiger partial charge on any atom is -0.395 e. The van der Waals surface area contributed by atoms with E-state index in [1.54, 1.807) is 0 Å². The minimum absolute atomic E-state index is 0.246. The van der Waals surface area contributed by atoms with Crippen molar-refractivity contribution in [1.29, 1.82) is 0 Å². The molecule has 1 saturated heterocycles. The van der Waals surface area contributed by atoms with Crippen LogP contribution in [-0.2, 0) is 4.79 Å². The molecule has 0 aromatic carbocycles. The summed E-state index contributed by atoms with van der Waals surface area (Å²) in [5, 5.41) is 8.94. The average Bonchev–Trinajstić information content (AvgIpc) is 2.36. The zero-order chi connectivity index (χ0) is 13.8. The normalized spacial score (nSPS) is 34.7. The molecule has 0 amide bonds. The lowest BCUT2D eigenvalue weighted by Gasteiger charge is -2.39. The second kappa shape index (κ2) is 6.82. The quantitative estimate of drug-likeness (QED) is 0.821. The van der Waals surface area contributed by atoms with Crippen molar-refractivity contribution in [2.75, 3.05) is 45.9 Å². The molecule has 0 spiro atoms. The van der Waals surface area contributed by atoms with Crippen LogP contribution in [0.1, 0.15) is 26.7 Å². The summed E-state index contributed by atoms with van der Waals surface area (Å²) < 4.78 is 0. The number of carbonyl (C=O) groups excluding carboxylic acids is 1. The first-order chi connectivity index (χ1) is 9.10. The third kappa shape index (κ3) is 4.01. The first-order valence-corrected chi connectivity index (χ1v) is 7.68. The summed E-state index contributed by atoms with van der Waals surface area (Å²) >= 11 is 0. The van der Waals surface area contributed by atoms with Crippen molar-refractivity contribution in [2.24, 2.45) is 17.8 Å². The average molecular weight is 268 g/mol. The maximum Gasteiger partial charge on any atom is 0.137 e. The second-order valence-corrected chi connectivity index (χ2v) is 6.46. The first kappa shape index (κ1) is 14.9. The zero-order valence-corrected chi connectivity index (χ0v) is 12.3. The number of Topliss-reactive ketones (excluding diaryl/α,β-unsaturated/α-hetero) is 1. The summed E-state index contributed by atoms with van der Waals surface area (Å²) in [4.78, 5) is 16.9. The number of nitrogens with zero attached hydrogens (tertiary/aromatic N) is 2. The van der Waals surface area contributed by atoms with E-state index in [4.69, 9.17) is 5.11 Å². The Labute approximate surface area is 116 Å². The van der Waals surface area contributed by atoms with E-state index in [-0.39, 0.29) is 12.5 Å². The van der Waals surface area contributed by atoms with Gasteiger partial charge in [0.15, 0.2) is 0 Å². The Morgan fingerprint density at radius 2 is 1.79 bits per heavy atom. The zero-order valence-electron chi connectivity index (χ0n) is 12.3. The van der Waals surface area contributed by atoms with Gasteiger partial charge in [-0.1, -0.05) is 13.8 Å². The van der Waals surface area contributed by atoms with E-state index < -0.39 is 0 Å². The number of hydrogen-bond acceptors (Lipinski definition) is 4. The summed E-state index contributed by atoms with van der Waals surface area (Å²) in [7, 11) is 0. The molecule has 1 heterocycles. The smallest absolute Gasteiger partial charge is 0.137 e. The summed E-state index contributed by atoms with van der Waals surface area (Å²) in [5.74, 6) is 1.83. The molecule has 110 valence electrons. The molecule has 0 bridgehead atoms. The highest BCUT2D eigenvalue weighted by atomic mass is 16.3. The molecule has 3 atom stereocenters. The van der Waals surface area contributed by atoms with Crippen molar-refractivity contribution in [2.45, 2.75) is 26.7 Å². The van der Waals surface area contributed by atoms with Crippen molar-refractivity contribution >= 4 is 5.78 Å². The molecule has 0 aromatic heterocycles. The van der Waals surface area contributed by atoms with Crippen molar-refractivity contribution in [1.82, 2.24) is 9.80 Å². The van der Waals surface area contributed by atoms with Gasteiger partial charge in [-0.25, -0.2) is 0 Å². The largest absolute Gasteiger partial charge is 0.395 e. The fraction of sp³-hybridized carbons (Fsp3) is 0.933. The van der Waals surface area contributed by atoms with Gasteiger partial charge in [0.1, 0.15) is 5.78 Å². The predicted molar refractivity (Wildman–Crippen MR) is 76.0 cm³/mol. The van der Waals surface area contributed by atoms with Gasteiger partial charge >= 0.3 is 0 Å². The molecule has 4 nitrogen and oxygen atoms in total. The van der Waals surface area contributed by atoms with Crippen LogP contribution in [0.2, 0.25) is 0 Å². The van der Waals surface area contributed by atoms with Crippen LogP contribution in [0.25, 0.3) is 0 Å². The Balaban J connectivity index is 1.80. The van der Waals surface area contributed by atoms with Crippen molar-refractivity contribution < 1.29 is 9.90 Å². The monoisotopic (exact) mass is 268 g/mol. The Hall–Kier alpha value is -0.450. The molecule has 4 heteroatoms. The SMILES string of the molecule is CC1CC(=O)C(CN2CCN(CCO)CC2)C(C)C1. The van der Waals surface area contributed by atoms with Crippen molar-refractivity contribution in [3.63, 3.8) is 0 Å². The number of carbonyl (C=O) groups is 1. The summed E-state index contributed by atoms with van der Waals surface area (Å²) in [6.07, 6.45) is 1.97. The third-order valence-electron chi connectivity index (χ3n) is 4.76. The summed E-state index contributed by atoms with van der Waals surface area (Å²) in [6.45, 7) is 10.5. The van der Waals surface area contributed by atoms with Gasteiger partial charge in [-0.2, -0.15) is 0 Å². The van der Waals surface area contributed by atoms with Gasteiger partial charge in [-0.15, -0.1) is 0 Å². The van der Waals surface area contributed by atoms with Crippen molar-refractivity contribution in [3.8, 4) is 0 Å². The number of aliphatic hydroxyl groups excluding tert-OH is 1. The molecular formula is C15H28N2O2. The highest BCUT2D eigenvalue weighted by Crippen LogP contribution is 2.31. The molecule has 2 rings (SSSR count). The molecule has 0 aromatic rings. The molecule has 2 fully saturated rings. The summed E-state index contributed by atoms with van der Waals surface area (Å²) in [5.41, 5.74) is 0. The summed E-state index contributed by atoms with van der Waals surface area (Å²) in [6, 6.07) is 0. The van der Waals surface area contributed by atoms with E-state index in [1.807, 2.05) is 0 Å². The fourth-order valence-electron chi connectivity index (χ4n) is 3.59. The molecular weight excluding hydrogens is 240 g/mol. The topological polar surface area (TPSA) is 43.8 Å². The maximum absolute atomic E-state index is 12.2. The number of aliphatic hydroxyl groups is 1. The molecule has 19 heavy (non-hydrogen) atoms. The van der Waals surface area contributed by atoms with Gasteiger partial charge in [0.05, 0.1) is 6.61 Å². The Kier molecular flexibility index (Phi) is 5.37. The molecule has 1 aliphatic heterocycles. The van der Waals surface area contributed by atoms with E-state index in [0.29, 0.717) is 17.6 Å². The van der Waals surface area contributed by atoms with Crippen LogP contribution in [0.15, 0.2) is 0 Å². The maximum atomic E-state index is 12.2. The van der Waals surface area contributed by atoms with E-state index >= 15 is 0 Å². The highest BCUT2D eigenvalue weighted by Gasteiger charge is 2.33. The van der Waals surface area contributed by atoms with E-state index in [9.17, 15) is 4.79 Å². The standard InChI is InChI=1S/C15H28N2O2/c1-12-9-13(2)14(15(19)10-12)11-17-5-3-16(4-6-17)7-8-18/h12-14,18H,3-11H2,1-2H3. The number of β-amino-alcohol motifs (C(OH)–C–C–N with tert-alkyl or cyclic N) is 1. The van der Waals surface area contributed by atoms with Gasteiger partial charge in [0.2, 0.25) is 0 Å². The first-order valence-electron chi connectivity index (χ1n) is 7.68. The minimum atomic E-state index is 0.246. The molecule has 2 aliphatic rings. The third-order valence-corrected chi connectivity index (χ3v) is 4.76. The van der Waals surface area contributed by atoms with Crippen LogP contribution in [0.3, 0.4) is 0 Å². The van der Waals surface area contributed by atoms with Gasteiger partial charge in [0.25, 0.3) is 0 Å². The number of hydrogen-bond donors (Lipinski definition) is 1. The van der Waals surface area contributed by atoms with Crippen molar-refractivity contribution in [3.05, 3.63) is 0 Å². The highest BCUT2D eigenvalue weighted by molar-refractivity contribution is 5.82. The van der Waals surface area contributed by atoms with Crippen LogP contribution in [0, 0.1) is 17.8 Å². The molecule has 1 N–H and O–H groups in total.